The predicted octanol–water partition coefficient (Wildman–Crippen LogP) is 4.35. The fourth-order valence-corrected chi connectivity index (χ4v) is 6.22. The summed E-state index contributed by atoms with van der Waals surface area (Å²) >= 11 is 0. The standard InChI is InChI=1S/C31H35N9O2S/c1-2-3-16-33-43(41,42)28-11-7-10-27(21-28)40-30-29(36-37-40)22-32-31(35-30)34-25-12-14-26(15-13-25)39-19-17-38(18-20-39)23-24-8-5-4-6-9-24/h4-15,21-22,33H,2-3,16-20,23H2,1H3,(H,32,34,35). The van der Waals surface area contributed by atoms with Crippen LogP contribution in [0.15, 0.2) is 90.0 Å². The molecule has 2 N–H and O–H groups in total. The summed E-state index contributed by atoms with van der Waals surface area (Å²) in [6.45, 7) is 7.40. The fourth-order valence-electron chi connectivity index (χ4n) is 5.10. The molecular formula is C31H35N9O2S. The van der Waals surface area contributed by atoms with Gasteiger partial charge in [0, 0.05) is 50.6 Å². The van der Waals surface area contributed by atoms with Crippen LogP contribution in [0.1, 0.15) is 25.3 Å². The largest absolute Gasteiger partial charge is 0.369 e. The van der Waals surface area contributed by atoms with E-state index in [9.17, 15) is 8.42 Å². The number of unbranched alkanes of at least 4 members (excludes halogenated alkanes) is 1. The number of sulfonamides is 1. The second-order valence-electron chi connectivity index (χ2n) is 10.6. The van der Waals surface area contributed by atoms with Crippen molar-refractivity contribution in [1.82, 2.24) is 34.6 Å². The van der Waals surface area contributed by atoms with Gasteiger partial charge in [0.25, 0.3) is 0 Å². The molecule has 5 aromatic rings. The van der Waals surface area contributed by atoms with Gasteiger partial charge in [0.2, 0.25) is 16.0 Å². The topological polar surface area (TPSA) is 121 Å². The molecule has 0 saturated carbocycles. The Bertz CT molecular complexity index is 1770. The molecule has 0 atom stereocenters. The molecule has 0 spiro atoms. The van der Waals surface area contributed by atoms with E-state index in [1.165, 1.54) is 15.9 Å². The fraction of sp³-hybridized carbons (Fsp3) is 0.290. The minimum Gasteiger partial charge on any atom is -0.369 e. The van der Waals surface area contributed by atoms with Crippen molar-refractivity contribution < 1.29 is 8.42 Å². The van der Waals surface area contributed by atoms with E-state index < -0.39 is 10.0 Å². The highest BCUT2D eigenvalue weighted by Gasteiger charge is 2.18. The number of hydrogen-bond donors (Lipinski definition) is 2. The van der Waals surface area contributed by atoms with E-state index in [0.717, 1.165) is 51.3 Å². The molecule has 3 aromatic carbocycles. The second-order valence-corrected chi connectivity index (χ2v) is 12.3. The summed E-state index contributed by atoms with van der Waals surface area (Å²) in [6, 6.07) is 25.5. The van der Waals surface area contributed by atoms with Crippen LogP contribution >= 0.6 is 0 Å². The third-order valence-electron chi connectivity index (χ3n) is 7.50. The number of fused-ring (bicyclic) bond motifs is 1. The first-order valence-corrected chi connectivity index (χ1v) is 16.0. The van der Waals surface area contributed by atoms with E-state index in [-0.39, 0.29) is 4.90 Å². The van der Waals surface area contributed by atoms with Crippen LogP contribution in [0.5, 0.6) is 0 Å². The zero-order valence-corrected chi connectivity index (χ0v) is 24.9. The van der Waals surface area contributed by atoms with Crippen LogP contribution in [-0.4, -0.2) is 71.0 Å². The zero-order chi connectivity index (χ0) is 29.6. The molecule has 3 heterocycles. The van der Waals surface area contributed by atoms with E-state index in [1.54, 1.807) is 30.5 Å². The van der Waals surface area contributed by atoms with Gasteiger partial charge in [-0.05, 0) is 54.4 Å². The summed E-state index contributed by atoms with van der Waals surface area (Å²) in [5.74, 6) is 0.392. The molecule has 6 rings (SSSR count). The van der Waals surface area contributed by atoms with Crippen LogP contribution in [0, 0.1) is 0 Å². The van der Waals surface area contributed by atoms with Crippen LogP contribution in [0.4, 0.5) is 17.3 Å². The summed E-state index contributed by atoms with van der Waals surface area (Å²) in [7, 11) is -3.64. The number of rotatable bonds is 11. The number of nitrogens with zero attached hydrogens (tertiary/aromatic N) is 7. The first kappa shape index (κ1) is 28.7. The van der Waals surface area contributed by atoms with Crippen molar-refractivity contribution in [2.24, 2.45) is 0 Å². The molecule has 2 aromatic heterocycles. The monoisotopic (exact) mass is 597 g/mol. The Morgan fingerprint density at radius 1 is 0.884 bits per heavy atom. The Morgan fingerprint density at radius 3 is 2.44 bits per heavy atom. The van der Waals surface area contributed by atoms with E-state index in [2.05, 4.69) is 82.6 Å². The van der Waals surface area contributed by atoms with Gasteiger partial charge in [-0.3, -0.25) is 4.90 Å². The van der Waals surface area contributed by atoms with Crippen LogP contribution in [0.3, 0.4) is 0 Å². The average molecular weight is 598 g/mol. The average Bonchev–Trinajstić information content (AvgIpc) is 3.46. The summed E-state index contributed by atoms with van der Waals surface area (Å²) in [5, 5.41) is 11.7. The number of hydrogen-bond acceptors (Lipinski definition) is 9. The van der Waals surface area contributed by atoms with Crippen molar-refractivity contribution in [3.63, 3.8) is 0 Å². The third-order valence-corrected chi connectivity index (χ3v) is 8.96. The quantitative estimate of drug-likeness (QED) is 0.214. The van der Waals surface area contributed by atoms with Gasteiger partial charge in [-0.15, -0.1) is 5.10 Å². The lowest BCUT2D eigenvalue weighted by molar-refractivity contribution is 0.250. The molecule has 0 aliphatic carbocycles. The highest BCUT2D eigenvalue weighted by atomic mass is 32.2. The van der Waals surface area contributed by atoms with Crippen molar-refractivity contribution in [3.05, 3.63) is 90.6 Å². The third kappa shape index (κ3) is 6.82. The molecule has 1 aliphatic rings. The first-order valence-electron chi connectivity index (χ1n) is 14.6. The number of aromatic nitrogens is 5. The minimum atomic E-state index is -3.64. The molecule has 0 bridgehead atoms. The molecule has 1 aliphatic heterocycles. The van der Waals surface area contributed by atoms with Crippen molar-refractivity contribution in [2.75, 3.05) is 42.9 Å². The molecule has 222 valence electrons. The molecule has 0 radical (unpaired) electrons. The Balaban J connectivity index is 1.12. The minimum absolute atomic E-state index is 0.162. The maximum atomic E-state index is 12.8. The smallest absolute Gasteiger partial charge is 0.240 e. The normalized spacial score (nSPS) is 14.3. The molecule has 0 amide bonds. The molecule has 1 fully saturated rings. The number of benzene rings is 3. The lowest BCUT2D eigenvalue weighted by Crippen LogP contribution is -2.45. The van der Waals surface area contributed by atoms with Crippen LogP contribution in [-0.2, 0) is 16.6 Å². The molecule has 0 unspecified atom stereocenters. The SMILES string of the molecule is CCCCNS(=O)(=O)c1cccc(-n2nnc3cnc(Nc4ccc(N5CCN(Cc6ccccc6)CC5)cc4)nc32)c1. The van der Waals surface area contributed by atoms with E-state index in [4.69, 9.17) is 0 Å². The highest BCUT2D eigenvalue weighted by molar-refractivity contribution is 7.89. The van der Waals surface area contributed by atoms with Gasteiger partial charge >= 0.3 is 0 Å². The Labute approximate surface area is 251 Å². The summed E-state index contributed by atoms with van der Waals surface area (Å²) in [6.07, 6.45) is 3.28. The van der Waals surface area contributed by atoms with Gasteiger partial charge in [0.15, 0.2) is 11.2 Å². The van der Waals surface area contributed by atoms with Gasteiger partial charge in [-0.25, -0.2) is 18.1 Å². The molecule has 1 saturated heterocycles. The van der Waals surface area contributed by atoms with Gasteiger partial charge in [0.05, 0.1) is 16.8 Å². The number of nitrogens with one attached hydrogen (secondary N) is 2. The molecule has 12 heteroatoms. The van der Waals surface area contributed by atoms with Crippen LogP contribution in [0.25, 0.3) is 16.9 Å². The maximum absolute atomic E-state index is 12.8. The van der Waals surface area contributed by atoms with Crippen molar-refractivity contribution in [2.45, 2.75) is 31.2 Å². The van der Waals surface area contributed by atoms with Gasteiger partial charge < -0.3 is 10.2 Å². The van der Waals surface area contributed by atoms with Gasteiger partial charge in [0.1, 0.15) is 0 Å². The van der Waals surface area contributed by atoms with E-state index in [1.807, 2.05) is 19.1 Å². The lowest BCUT2D eigenvalue weighted by atomic mass is 10.2. The molecule has 43 heavy (non-hydrogen) atoms. The van der Waals surface area contributed by atoms with E-state index >= 15 is 0 Å². The van der Waals surface area contributed by atoms with Crippen molar-refractivity contribution in [3.8, 4) is 5.69 Å². The lowest BCUT2D eigenvalue weighted by Gasteiger charge is -2.36. The van der Waals surface area contributed by atoms with E-state index in [0.29, 0.717) is 29.3 Å². The first-order chi connectivity index (χ1) is 21.0. The zero-order valence-electron chi connectivity index (χ0n) is 24.1. The summed E-state index contributed by atoms with van der Waals surface area (Å²) < 4.78 is 29.7. The summed E-state index contributed by atoms with van der Waals surface area (Å²) in [5.41, 5.74) is 4.90. The van der Waals surface area contributed by atoms with Gasteiger partial charge in [-0.2, -0.15) is 9.67 Å². The number of anilines is 3. The number of piperazine rings is 1. The van der Waals surface area contributed by atoms with Crippen molar-refractivity contribution in [1.29, 1.82) is 0 Å². The van der Waals surface area contributed by atoms with Crippen LogP contribution < -0.4 is 14.9 Å². The Hall–Kier alpha value is -4.39. The molecular weight excluding hydrogens is 562 g/mol. The predicted molar refractivity (Wildman–Crippen MR) is 168 cm³/mol. The Morgan fingerprint density at radius 2 is 1.67 bits per heavy atom. The highest BCUT2D eigenvalue weighted by Crippen LogP contribution is 2.23. The molecule has 11 nitrogen and oxygen atoms in total. The van der Waals surface area contributed by atoms with Crippen molar-refractivity contribution >= 4 is 38.5 Å². The maximum Gasteiger partial charge on any atom is 0.240 e. The Kier molecular flexibility index (Phi) is 8.59. The van der Waals surface area contributed by atoms with Gasteiger partial charge in [-0.1, -0.05) is 55.0 Å². The van der Waals surface area contributed by atoms with Crippen LogP contribution in [0.2, 0.25) is 0 Å². The second kappa shape index (κ2) is 12.9. The summed E-state index contributed by atoms with van der Waals surface area (Å²) in [4.78, 5) is 14.1.